The lowest BCUT2D eigenvalue weighted by Gasteiger charge is -2.12. The zero-order chi connectivity index (χ0) is 20.1. The van der Waals surface area contributed by atoms with Crippen LogP contribution in [0.5, 0.6) is 5.75 Å². The zero-order valence-corrected chi connectivity index (χ0v) is 17.3. The summed E-state index contributed by atoms with van der Waals surface area (Å²) in [5.41, 5.74) is 4.33. The fourth-order valence-electron chi connectivity index (χ4n) is 3.20. The van der Waals surface area contributed by atoms with Crippen molar-refractivity contribution in [3.05, 3.63) is 58.9 Å². The number of aryl methyl sites for hydroxylation is 1. The predicted molar refractivity (Wildman–Crippen MR) is 112 cm³/mol. The van der Waals surface area contributed by atoms with Gasteiger partial charge in [-0.3, -0.25) is 19.9 Å². The molecule has 1 unspecified atom stereocenters. The number of carbonyl (C=O) groups is 2. The smallest absolute Gasteiger partial charge is 0.286 e. The van der Waals surface area contributed by atoms with Gasteiger partial charge in [0.1, 0.15) is 5.75 Å². The van der Waals surface area contributed by atoms with Crippen molar-refractivity contribution in [1.29, 1.82) is 0 Å². The number of amides is 2. The lowest BCUT2D eigenvalue weighted by atomic mass is 10.0. The summed E-state index contributed by atoms with van der Waals surface area (Å²) in [7, 11) is 0. The Hall–Kier alpha value is -2.34. The van der Waals surface area contributed by atoms with Gasteiger partial charge >= 0.3 is 0 Å². The normalized spacial score (nSPS) is 16.5. The lowest BCUT2D eigenvalue weighted by molar-refractivity contribution is -0.118. The Labute approximate surface area is 170 Å². The van der Waals surface area contributed by atoms with Gasteiger partial charge < -0.3 is 4.74 Å². The average molecular weight is 399 g/mol. The van der Waals surface area contributed by atoms with Gasteiger partial charge in [0.15, 0.2) is 0 Å². The molecule has 3 rings (SSSR count). The van der Waals surface area contributed by atoms with Crippen molar-refractivity contribution in [2.45, 2.75) is 45.3 Å². The van der Waals surface area contributed by atoms with Gasteiger partial charge in [-0.15, -0.1) is 0 Å². The number of nitrogens with zero attached hydrogens (tertiary/aromatic N) is 1. The maximum atomic E-state index is 11.7. The van der Waals surface area contributed by atoms with Crippen LogP contribution < -0.4 is 10.1 Å². The van der Waals surface area contributed by atoms with Crippen molar-refractivity contribution in [1.82, 2.24) is 10.3 Å². The summed E-state index contributed by atoms with van der Waals surface area (Å²) in [4.78, 5) is 27.5. The van der Waals surface area contributed by atoms with Gasteiger partial charge in [-0.1, -0.05) is 43.8 Å². The fraction of sp³-hybridized carbons (Fsp3) is 0.409. The molecule has 2 aromatic rings. The number of nitrogens with one attached hydrogen (secondary N) is 1. The van der Waals surface area contributed by atoms with E-state index in [-0.39, 0.29) is 16.4 Å². The molecule has 1 aromatic carbocycles. The monoisotopic (exact) mass is 398 g/mol. The van der Waals surface area contributed by atoms with Crippen LogP contribution >= 0.6 is 11.8 Å². The molecular formula is C22H26N2O3S. The molecular weight excluding hydrogens is 372 g/mol. The van der Waals surface area contributed by atoms with Gasteiger partial charge in [-0.2, -0.15) is 0 Å². The quantitative estimate of drug-likeness (QED) is 0.725. The predicted octanol–water partition coefficient (Wildman–Crippen LogP) is 4.10. The summed E-state index contributed by atoms with van der Waals surface area (Å²) < 4.78 is 5.92. The van der Waals surface area contributed by atoms with E-state index in [2.05, 4.69) is 36.3 Å². The molecule has 1 fully saturated rings. The molecule has 1 aliphatic heterocycles. The molecule has 0 aliphatic carbocycles. The molecule has 1 atom stereocenters. The van der Waals surface area contributed by atoms with E-state index in [1.165, 1.54) is 5.56 Å². The number of pyridine rings is 1. The number of hydrogen-bond donors (Lipinski definition) is 1. The standard InChI is InChI=1S/C22H26N2O3S/c1-14(2)10-17-4-6-18(23-13-17)8-9-27-19-7-5-16(11-15(19)3)12-20-21(25)24-22(26)28-20/h4-7,11,13-14,20H,8-10,12H2,1-3H3,(H,24,25,26). The van der Waals surface area contributed by atoms with Crippen LogP contribution in [0, 0.1) is 12.8 Å². The highest BCUT2D eigenvalue weighted by molar-refractivity contribution is 8.15. The number of carbonyl (C=O) groups excluding carboxylic acids is 2. The van der Waals surface area contributed by atoms with Gasteiger partial charge in [0.25, 0.3) is 5.24 Å². The van der Waals surface area contributed by atoms with Crippen LogP contribution in [0.2, 0.25) is 0 Å². The summed E-state index contributed by atoms with van der Waals surface area (Å²) in [6.45, 7) is 6.96. The molecule has 5 nitrogen and oxygen atoms in total. The van der Waals surface area contributed by atoms with Crippen molar-refractivity contribution in [3.63, 3.8) is 0 Å². The average Bonchev–Trinajstić information content (AvgIpc) is 2.95. The van der Waals surface area contributed by atoms with Gasteiger partial charge in [-0.25, -0.2) is 0 Å². The minimum Gasteiger partial charge on any atom is -0.493 e. The molecule has 0 bridgehead atoms. The minimum atomic E-state index is -0.344. The molecule has 1 N–H and O–H groups in total. The van der Waals surface area contributed by atoms with Gasteiger partial charge in [0.2, 0.25) is 5.91 Å². The van der Waals surface area contributed by atoms with Crippen molar-refractivity contribution >= 4 is 22.9 Å². The summed E-state index contributed by atoms with van der Waals surface area (Å²) >= 11 is 1.06. The maximum absolute atomic E-state index is 11.7. The number of ether oxygens (including phenoxy) is 1. The number of rotatable bonds is 8. The molecule has 0 radical (unpaired) electrons. The highest BCUT2D eigenvalue weighted by Gasteiger charge is 2.31. The topological polar surface area (TPSA) is 68.3 Å². The largest absolute Gasteiger partial charge is 0.493 e. The third-order valence-corrected chi connectivity index (χ3v) is 5.55. The molecule has 6 heteroatoms. The maximum Gasteiger partial charge on any atom is 0.286 e. The van der Waals surface area contributed by atoms with Gasteiger partial charge in [-0.05, 0) is 54.5 Å². The zero-order valence-electron chi connectivity index (χ0n) is 16.5. The van der Waals surface area contributed by atoms with Crippen LogP contribution in [-0.2, 0) is 24.1 Å². The van der Waals surface area contributed by atoms with Crippen molar-refractivity contribution in [2.24, 2.45) is 5.92 Å². The van der Waals surface area contributed by atoms with Gasteiger partial charge in [0.05, 0.1) is 11.9 Å². The van der Waals surface area contributed by atoms with E-state index in [0.29, 0.717) is 18.9 Å². The van der Waals surface area contributed by atoms with E-state index < -0.39 is 0 Å². The van der Waals surface area contributed by atoms with Crippen molar-refractivity contribution in [2.75, 3.05) is 6.61 Å². The minimum absolute atomic E-state index is 0.208. The number of thioether (sulfide) groups is 1. The Bertz CT molecular complexity index is 849. The van der Waals surface area contributed by atoms with Crippen LogP contribution in [0.15, 0.2) is 36.5 Å². The van der Waals surface area contributed by atoms with Gasteiger partial charge in [0, 0.05) is 18.3 Å². The van der Waals surface area contributed by atoms with Crippen LogP contribution in [0.25, 0.3) is 0 Å². The number of aromatic nitrogens is 1. The highest BCUT2D eigenvalue weighted by atomic mass is 32.2. The number of hydrogen-bond acceptors (Lipinski definition) is 5. The Morgan fingerprint density at radius 2 is 1.96 bits per heavy atom. The molecule has 1 aliphatic rings. The summed E-state index contributed by atoms with van der Waals surface area (Å²) in [5.74, 6) is 1.25. The fourth-order valence-corrected chi connectivity index (χ4v) is 4.06. The first-order valence-corrected chi connectivity index (χ1v) is 10.5. The van der Waals surface area contributed by atoms with Crippen LogP contribution in [-0.4, -0.2) is 28.0 Å². The van der Waals surface area contributed by atoms with E-state index in [1.54, 1.807) is 0 Å². The van der Waals surface area contributed by atoms with E-state index in [9.17, 15) is 9.59 Å². The third-order valence-electron chi connectivity index (χ3n) is 4.57. The summed E-state index contributed by atoms with van der Waals surface area (Å²) in [6.07, 6.45) is 4.29. The molecule has 28 heavy (non-hydrogen) atoms. The van der Waals surface area contributed by atoms with E-state index >= 15 is 0 Å². The molecule has 2 heterocycles. The molecule has 2 amide bonds. The first-order chi connectivity index (χ1) is 13.4. The highest BCUT2D eigenvalue weighted by Crippen LogP contribution is 2.26. The Balaban J connectivity index is 1.51. The second kappa shape index (κ2) is 9.24. The van der Waals surface area contributed by atoms with Crippen molar-refractivity contribution in [3.8, 4) is 5.75 Å². The number of benzene rings is 1. The van der Waals surface area contributed by atoms with E-state index in [1.807, 2.05) is 31.3 Å². The Morgan fingerprint density at radius 3 is 2.57 bits per heavy atom. The molecule has 1 aromatic heterocycles. The lowest BCUT2D eigenvalue weighted by Crippen LogP contribution is -2.25. The van der Waals surface area contributed by atoms with Crippen molar-refractivity contribution < 1.29 is 14.3 Å². The molecule has 148 valence electrons. The molecule has 1 saturated heterocycles. The Morgan fingerprint density at radius 1 is 1.18 bits per heavy atom. The Kier molecular flexibility index (Phi) is 6.73. The second-order valence-corrected chi connectivity index (χ2v) is 8.72. The first kappa shape index (κ1) is 20.4. The third kappa shape index (κ3) is 5.58. The second-order valence-electron chi connectivity index (χ2n) is 7.54. The number of imide groups is 1. The summed E-state index contributed by atoms with van der Waals surface area (Å²) in [5, 5.41) is 1.71. The molecule has 0 saturated carbocycles. The van der Waals surface area contributed by atoms with Crippen LogP contribution in [0.4, 0.5) is 4.79 Å². The SMILES string of the molecule is Cc1cc(CC2SC(=O)NC2=O)ccc1OCCc1ccc(CC(C)C)cn1. The molecule has 0 spiro atoms. The summed E-state index contributed by atoms with van der Waals surface area (Å²) in [6, 6.07) is 10.1. The van der Waals surface area contributed by atoms with Crippen LogP contribution in [0.1, 0.15) is 36.2 Å². The first-order valence-electron chi connectivity index (χ1n) is 9.58. The van der Waals surface area contributed by atoms with E-state index in [4.69, 9.17) is 4.74 Å². The van der Waals surface area contributed by atoms with Crippen LogP contribution in [0.3, 0.4) is 0 Å². The van der Waals surface area contributed by atoms with E-state index in [0.717, 1.165) is 47.2 Å².